The monoisotopic (exact) mass is 632 g/mol. The van der Waals surface area contributed by atoms with Crippen LogP contribution in [0.25, 0.3) is 10.1 Å². The molecule has 1 unspecified atom stereocenters. The van der Waals surface area contributed by atoms with Gasteiger partial charge < -0.3 is 19.9 Å². The topological polar surface area (TPSA) is 94.6 Å². The van der Waals surface area contributed by atoms with Crippen LogP contribution in [-0.2, 0) is 6.61 Å². The highest BCUT2D eigenvalue weighted by Crippen LogP contribution is 2.45. The zero-order valence-electron chi connectivity index (χ0n) is 21.6. The molecule has 6 nitrogen and oxygen atoms in total. The fourth-order valence-electron chi connectivity index (χ4n) is 4.73. The van der Waals surface area contributed by atoms with Crippen LogP contribution < -0.4 is 19.9 Å². The van der Waals surface area contributed by atoms with Crippen LogP contribution in [0.5, 0.6) is 17.2 Å². The first-order valence-corrected chi connectivity index (χ1v) is 14.5. The van der Waals surface area contributed by atoms with Crippen molar-refractivity contribution in [3.05, 3.63) is 133 Å². The Morgan fingerprint density at radius 2 is 1.76 bits per heavy atom. The predicted molar refractivity (Wildman–Crippen MR) is 165 cm³/mol. The minimum atomic E-state index is -0.628. The minimum Gasteiger partial charge on any atom is -0.489 e. The van der Waals surface area contributed by atoms with Crippen LogP contribution in [0.4, 0.5) is 0 Å². The number of carbonyl (C=O) groups is 1. The first kappa shape index (κ1) is 28.0. The molecule has 2 heterocycles. The lowest BCUT2D eigenvalue weighted by molar-refractivity contribution is 0.0740. The third kappa shape index (κ3) is 5.38. The van der Waals surface area contributed by atoms with Gasteiger partial charge in [0.1, 0.15) is 40.4 Å². The number of halogens is 3. The number of hydrogen-bond acceptors (Lipinski definition) is 7. The number of hydrogen-bond donors (Lipinski definition) is 1. The fourth-order valence-corrected chi connectivity index (χ4v) is 6.68. The summed E-state index contributed by atoms with van der Waals surface area (Å²) in [6.07, 6.45) is 0. The van der Waals surface area contributed by atoms with Crippen molar-refractivity contribution in [2.24, 2.45) is 5.73 Å². The van der Waals surface area contributed by atoms with Crippen LogP contribution in [0.1, 0.15) is 32.3 Å². The number of benzene rings is 4. The summed E-state index contributed by atoms with van der Waals surface area (Å²) in [5, 5.41) is 11.9. The number of thiophene rings is 1. The van der Waals surface area contributed by atoms with Crippen molar-refractivity contribution in [3.8, 4) is 23.3 Å². The van der Waals surface area contributed by atoms with E-state index in [9.17, 15) is 10.1 Å². The zero-order valence-corrected chi connectivity index (χ0v) is 24.7. The Balaban J connectivity index is 1.28. The molecule has 1 atom stereocenters. The van der Waals surface area contributed by atoms with E-state index in [1.165, 1.54) is 11.3 Å². The van der Waals surface area contributed by atoms with Crippen LogP contribution >= 0.6 is 46.1 Å². The molecule has 0 aliphatic carbocycles. The van der Waals surface area contributed by atoms with Gasteiger partial charge in [-0.1, -0.05) is 71.2 Å². The molecular weight excluding hydrogens is 615 g/mol. The summed E-state index contributed by atoms with van der Waals surface area (Å²) in [6.45, 7) is 0.346. The first-order chi connectivity index (χ1) is 20.3. The van der Waals surface area contributed by atoms with Crippen molar-refractivity contribution in [3.63, 3.8) is 0 Å². The maximum absolute atomic E-state index is 13.1. The molecule has 0 radical (unpaired) electrons. The maximum atomic E-state index is 13.1. The smallest absolute Gasteiger partial charge is 0.355 e. The summed E-state index contributed by atoms with van der Waals surface area (Å²) in [5.74, 6) is 0.0219. The number of ether oxygens (including phenoxy) is 3. The third-order valence-corrected chi connectivity index (χ3v) is 8.89. The lowest BCUT2D eigenvalue weighted by Crippen LogP contribution is -2.21. The van der Waals surface area contributed by atoms with Crippen molar-refractivity contribution < 1.29 is 19.0 Å². The van der Waals surface area contributed by atoms with E-state index in [1.54, 1.807) is 42.5 Å². The molecule has 0 bridgehead atoms. The number of nitriles is 1. The average molecular weight is 634 g/mol. The maximum Gasteiger partial charge on any atom is 0.355 e. The molecule has 1 aliphatic heterocycles. The molecule has 42 heavy (non-hydrogen) atoms. The van der Waals surface area contributed by atoms with Crippen LogP contribution in [0.2, 0.25) is 15.1 Å². The Labute approximate surface area is 260 Å². The summed E-state index contributed by atoms with van der Waals surface area (Å²) < 4.78 is 18.3. The molecule has 5 aromatic rings. The van der Waals surface area contributed by atoms with Gasteiger partial charge in [0.2, 0.25) is 5.88 Å². The van der Waals surface area contributed by atoms with E-state index in [0.29, 0.717) is 39.1 Å². The van der Waals surface area contributed by atoms with E-state index in [-0.39, 0.29) is 27.1 Å². The van der Waals surface area contributed by atoms with E-state index in [0.717, 1.165) is 15.8 Å². The lowest BCUT2D eigenvalue weighted by atomic mass is 9.83. The summed E-state index contributed by atoms with van der Waals surface area (Å²) in [4.78, 5) is 13.3. The molecule has 208 valence electrons. The second-order valence-electron chi connectivity index (χ2n) is 9.36. The highest BCUT2D eigenvalue weighted by atomic mass is 35.5. The molecule has 2 N–H and O–H groups in total. The standard InChI is InChI=1S/C32H19Cl3N2O4S/c33-19-9-7-17(8-10-19)16-39-20-4-1-3-18(13-20)27-22-12-11-21(14-25(22)41-31(37)23(27)15-36)40-32(38)30-29(35)28-24(34)5-2-6-26(28)42-30/h1-14,27H,16,37H2. The Morgan fingerprint density at radius 3 is 2.52 bits per heavy atom. The molecule has 0 fully saturated rings. The molecule has 4 aromatic carbocycles. The van der Waals surface area contributed by atoms with Gasteiger partial charge in [0, 0.05) is 26.7 Å². The second kappa shape index (κ2) is 11.6. The summed E-state index contributed by atoms with van der Waals surface area (Å²) in [5.41, 5.74) is 8.88. The first-order valence-electron chi connectivity index (χ1n) is 12.6. The highest BCUT2D eigenvalue weighted by molar-refractivity contribution is 7.21. The molecule has 0 saturated carbocycles. The fraction of sp³-hybridized carbons (Fsp3) is 0.0625. The number of rotatable bonds is 6. The van der Waals surface area contributed by atoms with Crippen LogP contribution in [0, 0.1) is 11.3 Å². The van der Waals surface area contributed by atoms with Gasteiger partial charge in [-0.3, -0.25) is 0 Å². The molecule has 0 spiro atoms. The van der Waals surface area contributed by atoms with Gasteiger partial charge in [0.25, 0.3) is 0 Å². The Morgan fingerprint density at radius 1 is 0.976 bits per heavy atom. The average Bonchev–Trinajstić information content (AvgIpc) is 3.33. The van der Waals surface area contributed by atoms with Crippen molar-refractivity contribution in [1.29, 1.82) is 5.26 Å². The molecular formula is C32H19Cl3N2O4S. The highest BCUT2D eigenvalue weighted by Gasteiger charge is 2.31. The van der Waals surface area contributed by atoms with E-state index in [4.69, 9.17) is 54.7 Å². The Kier molecular flexibility index (Phi) is 7.72. The SMILES string of the molecule is N#CC1=C(N)Oc2cc(OC(=O)c3sc4cccc(Cl)c4c3Cl)ccc2C1c1cccc(OCc2ccc(Cl)cc2)c1. The quantitative estimate of drug-likeness (QED) is 0.148. The third-order valence-electron chi connectivity index (χ3n) is 6.70. The number of esters is 1. The van der Waals surface area contributed by atoms with Gasteiger partial charge in [-0.2, -0.15) is 5.26 Å². The van der Waals surface area contributed by atoms with Crippen molar-refractivity contribution in [2.75, 3.05) is 0 Å². The summed E-state index contributed by atoms with van der Waals surface area (Å²) in [6, 6.07) is 27.3. The molecule has 0 saturated heterocycles. The van der Waals surface area contributed by atoms with Crippen molar-refractivity contribution in [1.82, 2.24) is 0 Å². The number of allylic oxidation sites excluding steroid dienone is 1. The largest absolute Gasteiger partial charge is 0.489 e. The summed E-state index contributed by atoms with van der Waals surface area (Å²) >= 11 is 19.9. The molecule has 10 heteroatoms. The van der Waals surface area contributed by atoms with Gasteiger partial charge in [0.05, 0.1) is 16.0 Å². The van der Waals surface area contributed by atoms with Gasteiger partial charge in [0.15, 0.2) is 0 Å². The molecule has 0 amide bonds. The molecule has 6 rings (SSSR count). The van der Waals surface area contributed by atoms with Crippen molar-refractivity contribution in [2.45, 2.75) is 12.5 Å². The van der Waals surface area contributed by atoms with E-state index in [2.05, 4.69) is 6.07 Å². The zero-order chi connectivity index (χ0) is 29.4. The normalized spacial score (nSPS) is 14.2. The van der Waals surface area contributed by atoms with E-state index in [1.807, 2.05) is 42.5 Å². The summed E-state index contributed by atoms with van der Waals surface area (Å²) in [7, 11) is 0. The van der Waals surface area contributed by atoms with Gasteiger partial charge in [-0.25, -0.2) is 4.79 Å². The predicted octanol–water partition coefficient (Wildman–Crippen LogP) is 8.88. The Bertz CT molecular complexity index is 1930. The minimum absolute atomic E-state index is 0.0341. The second-order valence-corrected chi connectivity index (χ2v) is 11.6. The van der Waals surface area contributed by atoms with Crippen LogP contribution in [0.15, 0.2) is 96.4 Å². The van der Waals surface area contributed by atoms with Crippen LogP contribution in [0.3, 0.4) is 0 Å². The lowest BCUT2D eigenvalue weighted by Gasteiger charge is -2.27. The van der Waals surface area contributed by atoms with Gasteiger partial charge in [-0.05, 0) is 53.6 Å². The number of fused-ring (bicyclic) bond motifs is 2. The number of nitrogens with two attached hydrogens (primary N) is 1. The van der Waals surface area contributed by atoms with Crippen molar-refractivity contribution >= 4 is 62.2 Å². The van der Waals surface area contributed by atoms with E-state index >= 15 is 0 Å². The molecule has 1 aromatic heterocycles. The number of carbonyl (C=O) groups excluding carboxylic acids is 1. The Hall–Kier alpha value is -4.19. The molecule has 1 aliphatic rings. The van der Waals surface area contributed by atoms with Gasteiger partial charge >= 0.3 is 5.97 Å². The van der Waals surface area contributed by atoms with Crippen LogP contribution in [-0.4, -0.2) is 5.97 Å². The van der Waals surface area contributed by atoms with Gasteiger partial charge in [-0.15, -0.1) is 11.3 Å². The number of nitrogens with zero attached hydrogens (tertiary/aromatic N) is 1. The van der Waals surface area contributed by atoms with E-state index < -0.39 is 11.9 Å².